The molecule has 1 aliphatic carbocycles. The molecule has 182 valence electrons. The van der Waals surface area contributed by atoms with E-state index in [-0.39, 0.29) is 36.1 Å². The number of hydrogen-bond acceptors (Lipinski definition) is 4. The number of rotatable bonds is 8. The Hall–Kier alpha value is -3.54. The summed E-state index contributed by atoms with van der Waals surface area (Å²) in [4.78, 5) is 27.4. The maximum absolute atomic E-state index is 13.2. The predicted molar refractivity (Wildman–Crippen MR) is 133 cm³/mol. The molecule has 3 aromatic rings. The number of benzene rings is 2. The highest BCUT2D eigenvalue weighted by molar-refractivity contribution is 5.91. The van der Waals surface area contributed by atoms with Gasteiger partial charge in [0.15, 0.2) is 5.76 Å². The second kappa shape index (κ2) is 9.98. The SMILES string of the molecule is CCCNC(=O)c1ccc(COc2ccc3c(c2)[C@H](c2ccc(C)cc2)N(C(=O)C2CC2)CC3)o1. The van der Waals surface area contributed by atoms with Gasteiger partial charge in [-0.15, -0.1) is 0 Å². The van der Waals surface area contributed by atoms with Crippen LogP contribution < -0.4 is 10.1 Å². The van der Waals surface area contributed by atoms with Gasteiger partial charge in [-0.05, 0) is 73.6 Å². The van der Waals surface area contributed by atoms with Gasteiger partial charge in [-0.25, -0.2) is 0 Å². The maximum atomic E-state index is 13.2. The normalized spacial score (nSPS) is 17.1. The average molecular weight is 473 g/mol. The third-order valence-corrected chi connectivity index (χ3v) is 6.75. The molecule has 0 bridgehead atoms. The molecule has 1 aliphatic heterocycles. The van der Waals surface area contributed by atoms with Crippen LogP contribution in [0.15, 0.2) is 59.0 Å². The molecule has 35 heavy (non-hydrogen) atoms. The Bertz CT molecular complexity index is 1210. The van der Waals surface area contributed by atoms with Crippen LogP contribution in [-0.4, -0.2) is 29.8 Å². The molecular weight excluding hydrogens is 440 g/mol. The van der Waals surface area contributed by atoms with Crippen molar-refractivity contribution in [3.8, 4) is 5.75 Å². The van der Waals surface area contributed by atoms with Crippen molar-refractivity contribution >= 4 is 11.8 Å². The van der Waals surface area contributed by atoms with E-state index in [0.29, 0.717) is 12.3 Å². The molecule has 5 rings (SSSR count). The molecule has 0 unspecified atom stereocenters. The summed E-state index contributed by atoms with van der Waals surface area (Å²) >= 11 is 0. The number of nitrogens with zero attached hydrogens (tertiary/aromatic N) is 1. The van der Waals surface area contributed by atoms with Crippen LogP contribution in [0.5, 0.6) is 5.75 Å². The molecule has 6 nitrogen and oxygen atoms in total. The molecule has 2 aromatic carbocycles. The summed E-state index contributed by atoms with van der Waals surface area (Å²) in [7, 11) is 0. The van der Waals surface area contributed by atoms with Crippen molar-refractivity contribution in [2.24, 2.45) is 5.92 Å². The van der Waals surface area contributed by atoms with Crippen molar-refractivity contribution in [3.63, 3.8) is 0 Å². The van der Waals surface area contributed by atoms with Crippen molar-refractivity contribution in [2.75, 3.05) is 13.1 Å². The monoisotopic (exact) mass is 472 g/mol. The topological polar surface area (TPSA) is 71.8 Å². The predicted octanol–water partition coefficient (Wildman–Crippen LogP) is 5.19. The fourth-order valence-electron chi connectivity index (χ4n) is 4.65. The van der Waals surface area contributed by atoms with Crippen LogP contribution in [0.2, 0.25) is 0 Å². The largest absolute Gasteiger partial charge is 0.486 e. The van der Waals surface area contributed by atoms with Gasteiger partial charge in [0.05, 0.1) is 6.04 Å². The fourth-order valence-corrected chi connectivity index (χ4v) is 4.65. The van der Waals surface area contributed by atoms with E-state index >= 15 is 0 Å². The fraction of sp³-hybridized carbons (Fsp3) is 0.379. The molecule has 0 spiro atoms. The molecule has 0 radical (unpaired) electrons. The van der Waals surface area contributed by atoms with Gasteiger partial charge in [0.1, 0.15) is 18.1 Å². The van der Waals surface area contributed by atoms with E-state index in [1.54, 1.807) is 12.1 Å². The minimum absolute atomic E-state index is 0.117. The van der Waals surface area contributed by atoms with E-state index in [1.807, 2.05) is 13.0 Å². The Labute approximate surface area is 206 Å². The first-order valence-electron chi connectivity index (χ1n) is 12.5. The van der Waals surface area contributed by atoms with Gasteiger partial charge < -0.3 is 19.4 Å². The van der Waals surface area contributed by atoms with Crippen LogP contribution in [0.25, 0.3) is 0 Å². The van der Waals surface area contributed by atoms with E-state index in [1.165, 1.54) is 11.1 Å². The van der Waals surface area contributed by atoms with Crippen molar-refractivity contribution < 1.29 is 18.7 Å². The lowest BCUT2D eigenvalue weighted by Crippen LogP contribution is -2.41. The molecule has 6 heteroatoms. The second-order valence-electron chi connectivity index (χ2n) is 9.54. The number of hydrogen-bond donors (Lipinski definition) is 1. The molecule has 1 aromatic heterocycles. The Morgan fingerprint density at radius 1 is 1.09 bits per heavy atom. The van der Waals surface area contributed by atoms with Crippen molar-refractivity contribution in [2.45, 2.75) is 52.2 Å². The summed E-state index contributed by atoms with van der Waals surface area (Å²) in [6, 6.07) is 17.9. The molecule has 2 heterocycles. The van der Waals surface area contributed by atoms with Gasteiger partial charge in [-0.2, -0.15) is 0 Å². The Morgan fingerprint density at radius 2 is 1.89 bits per heavy atom. The molecule has 0 saturated heterocycles. The number of furan rings is 1. The second-order valence-corrected chi connectivity index (χ2v) is 9.54. The third kappa shape index (κ3) is 5.11. The number of aryl methyl sites for hydroxylation is 1. The smallest absolute Gasteiger partial charge is 0.286 e. The van der Waals surface area contributed by atoms with Gasteiger partial charge in [-0.1, -0.05) is 42.8 Å². The van der Waals surface area contributed by atoms with Crippen LogP contribution in [0.1, 0.15) is 70.8 Å². The lowest BCUT2D eigenvalue weighted by atomic mass is 9.87. The number of carbonyl (C=O) groups is 2. The van der Waals surface area contributed by atoms with E-state index in [4.69, 9.17) is 9.15 Å². The lowest BCUT2D eigenvalue weighted by Gasteiger charge is -2.38. The molecular formula is C29H32N2O4. The third-order valence-electron chi connectivity index (χ3n) is 6.75. The van der Waals surface area contributed by atoms with Crippen LogP contribution in [0.4, 0.5) is 0 Å². The highest BCUT2D eigenvalue weighted by atomic mass is 16.5. The standard InChI is InChI=1S/C29H32N2O4/c1-3-15-30-28(32)26-13-12-24(35-26)18-34-23-11-10-20-14-16-31(29(33)22-8-9-22)27(25(20)17-23)21-6-4-19(2)5-7-21/h4-7,10-13,17,22,27H,3,8-9,14-16,18H2,1-2H3,(H,30,32)/t27-/m0/s1. The van der Waals surface area contributed by atoms with Gasteiger partial charge in [0.25, 0.3) is 5.91 Å². The average Bonchev–Trinajstić information content (AvgIpc) is 3.62. The Kier molecular flexibility index (Phi) is 6.62. The highest BCUT2D eigenvalue weighted by Crippen LogP contribution is 2.41. The van der Waals surface area contributed by atoms with Crippen molar-refractivity contribution in [3.05, 3.63) is 88.4 Å². The van der Waals surface area contributed by atoms with E-state index < -0.39 is 0 Å². The number of amides is 2. The molecule has 2 amide bonds. The summed E-state index contributed by atoms with van der Waals surface area (Å²) < 4.78 is 11.7. The number of nitrogens with one attached hydrogen (secondary N) is 1. The lowest BCUT2D eigenvalue weighted by molar-refractivity contribution is -0.134. The maximum Gasteiger partial charge on any atom is 0.286 e. The summed E-state index contributed by atoms with van der Waals surface area (Å²) in [6.45, 7) is 5.65. The minimum Gasteiger partial charge on any atom is -0.486 e. The van der Waals surface area contributed by atoms with E-state index in [2.05, 4.69) is 53.5 Å². The van der Waals surface area contributed by atoms with Crippen LogP contribution in [-0.2, 0) is 17.8 Å². The Balaban J connectivity index is 1.37. The van der Waals surface area contributed by atoms with E-state index in [0.717, 1.165) is 49.1 Å². The first kappa shape index (κ1) is 23.2. The van der Waals surface area contributed by atoms with Gasteiger partial charge in [-0.3, -0.25) is 9.59 Å². The van der Waals surface area contributed by atoms with Crippen LogP contribution in [0, 0.1) is 12.8 Å². The Morgan fingerprint density at radius 3 is 2.63 bits per heavy atom. The van der Waals surface area contributed by atoms with Crippen molar-refractivity contribution in [1.29, 1.82) is 0 Å². The summed E-state index contributed by atoms with van der Waals surface area (Å²) in [6.07, 6.45) is 3.69. The molecule has 1 fully saturated rings. The van der Waals surface area contributed by atoms with Crippen LogP contribution >= 0.6 is 0 Å². The van der Waals surface area contributed by atoms with Gasteiger partial charge >= 0.3 is 0 Å². The van der Waals surface area contributed by atoms with Crippen molar-refractivity contribution in [1.82, 2.24) is 10.2 Å². The zero-order valence-corrected chi connectivity index (χ0v) is 20.4. The summed E-state index contributed by atoms with van der Waals surface area (Å²) in [5, 5.41) is 2.81. The molecule has 1 N–H and O–H groups in total. The molecule has 1 saturated carbocycles. The quantitative estimate of drug-likeness (QED) is 0.490. The van der Waals surface area contributed by atoms with E-state index in [9.17, 15) is 9.59 Å². The highest BCUT2D eigenvalue weighted by Gasteiger charge is 2.39. The number of ether oxygens (including phenoxy) is 1. The molecule has 2 aliphatic rings. The molecule has 1 atom stereocenters. The first-order chi connectivity index (χ1) is 17.0. The van der Waals surface area contributed by atoms with Gasteiger partial charge in [0.2, 0.25) is 5.91 Å². The number of carbonyl (C=O) groups excluding carboxylic acids is 2. The van der Waals surface area contributed by atoms with Gasteiger partial charge in [0, 0.05) is 19.0 Å². The van der Waals surface area contributed by atoms with Crippen LogP contribution in [0.3, 0.4) is 0 Å². The summed E-state index contributed by atoms with van der Waals surface area (Å²) in [5.41, 5.74) is 4.68. The zero-order valence-electron chi connectivity index (χ0n) is 20.4. The first-order valence-corrected chi connectivity index (χ1v) is 12.5. The zero-order chi connectivity index (χ0) is 24.4. The minimum atomic E-state index is -0.215. The number of fused-ring (bicyclic) bond motifs is 1. The summed E-state index contributed by atoms with van der Waals surface area (Å²) in [5.74, 6) is 1.81.